The minimum atomic E-state index is -1.41. The molecule has 1 aromatic rings. The second-order valence-electron chi connectivity index (χ2n) is 5.27. The quantitative estimate of drug-likeness (QED) is 0.438. The number of quaternary nitrogens is 1. The second kappa shape index (κ2) is 8.55. The number of rotatable bonds is 6. The summed E-state index contributed by atoms with van der Waals surface area (Å²) >= 11 is 10.1. The van der Waals surface area contributed by atoms with E-state index in [-0.39, 0.29) is 29.1 Å². The maximum atomic E-state index is 13.3. The first-order valence-corrected chi connectivity index (χ1v) is 10.2. The lowest BCUT2D eigenvalue weighted by Gasteiger charge is -2.26. The smallest absolute Gasteiger partial charge is 0.415 e. The van der Waals surface area contributed by atoms with Gasteiger partial charge in [-0.1, -0.05) is 47.8 Å². The van der Waals surface area contributed by atoms with Crippen molar-refractivity contribution in [3.05, 3.63) is 41.5 Å². The summed E-state index contributed by atoms with van der Waals surface area (Å²) in [5.41, 5.74) is -0.526. The van der Waals surface area contributed by atoms with Crippen molar-refractivity contribution in [1.82, 2.24) is 5.32 Å². The van der Waals surface area contributed by atoms with Gasteiger partial charge in [0.05, 0.1) is 11.6 Å². The predicted molar refractivity (Wildman–Crippen MR) is 98.7 cm³/mol. The number of alkyl halides is 3. The molecule has 0 fully saturated rings. The average molecular weight is 532 g/mol. The fraction of sp³-hybridized carbons (Fsp3) is 0.333. The zero-order chi connectivity index (χ0) is 19.5. The monoisotopic (exact) mass is 529 g/mol. The van der Waals surface area contributed by atoms with Crippen LogP contribution in [-0.4, -0.2) is 34.5 Å². The summed E-state index contributed by atoms with van der Waals surface area (Å²) in [4.78, 5) is 24.2. The Morgan fingerprint density at radius 2 is 2.00 bits per heavy atom. The van der Waals surface area contributed by atoms with Crippen molar-refractivity contribution in [1.29, 1.82) is 0 Å². The minimum absolute atomic E-state index is 0.0649. The highest BCUT2D eigenvalue weighted by molar-refractivity contribution is 9.10. The third-order valence-electron chi connectivity index (χ3n) is 3.32. The van der Waals surface area contributed by atoms with Crippen LogP contribution < -0.4 is 10.6 Å². The summed E-state index contributed by atoms with van der Waals surface area (Å²) in [7, 11) is 0. The third kappa shape index (κ3) is 4.65. The molecule has 1 aliphatic heterocycles. The van der Waals surface area contributed by atoms with E-state index in [1.54, 1.807) is 0 Å². The van der Waals surface area contributed by atoms with Crippen molar-refractivity contribution >= 4 is 65.4 Å². The molecule has 130 valence electrons. The van der Waals surface area contributed by atoms with Gasteiger partial charge in [-0.15, -0.1) is 0 Å². The van der Waals surface area contributed by atoms with Gasteiger partial charge >= 0.3 is 8.92 Å². The van der Waals surface area contributed by atoms with Gasteiger partial charge in [0.15, 0.2) is 5.78 Å². The highest BCUT2D eigenvalue weighted by Gasteiger charge is 2.30. The van der Waals surface area contributed by atoms with Crippen LogP contribution >= 0.6 is 47.8 Å². The van der Waals surface area contributed by atoms with Gasteiger partial charge in [0.1, 0.15) is 18.1 Å². The van der Waals surface area contributed by atoms with Crippen LogP contribution in [0.4, 0.5) is 14.9 Å². The van der Waals surface area contributed by atoms with E-state index < -0.39 is 23.0 Å². The molecule has 0 unspecified atom stereocenters. The number of carbonyl (C=O) groups excluding carboxylic acids is 2. The zero-order valence-electron chi connectivity index (χ0n) is 14.3. The summed E-state index contributed by atoms with van der Waals surface area (Å²) in [6, 6.07) is 3.20. The summed E-state index contributed by atoms with van der Waals surface area (Å²) in [5.74, 6) is -1.54. The average Bonchev–Trinajstić information content (AvgIpc) is 2.61. The van der Waals surface area contributed by atoms with E-state index in [9.17, 15) is 14.0 Å². The number of hydrogen-bond donors (Lipinski definition) is 2. The van der Waals surface area contributed by atoms with Gasteiger partial charge in [-0.05, 0) is 12.1 Å². The maximum Gasteiger partial charge on any atom is 0.415 e. The normalized spacial score (nSPS) is 17.3. The lowest BCUT2D eigenvalue weighted by molar-refractivity contribution is -0.523. The molecule has 0 atom stereocenters. The molecule has 2 rings (SSSR count). The zero-order valence-corrected chi connectivity index (χ0v) is 17.1. The Labute approximate surface area is 166 Å². The maximum absolute atomic E-state index is 13.3. The molecule has 0 saturated heterocycles. The number of halogens is 4. The highest BCUT2D eigenvalue weighted by atomic mass is 79.9. The minimum Gasteiger partial charge on any atom is -0.449 e. The van der Waals surface area contributed by atoms with Crippen molar-refractivity contribution < 1.29 is 26.8 Å². The lowest BCUT2D eigenvalue weighted by Crippen LogP contribution is -2.80. The van der Waals surface area contributed by atoms with E-state index in [4.69, 9.17) is 7.56 Å². The number of alkyl carbamates (subject to hydrolysis) is 1. The molecule has 0 spiro atoms. The molecule has 5 nitrogen and oxygen atoms in total. The molecule has 0 aromatic heterocycles. The largest absolute Gasteiger partial charge is 0.449 e. The number of ketones is 1. The van der Waals surface area contributed by atoms with Crippen molar-refractivity contribution in [2.24, 2.45) is 5.41 Å². The molecule has 1 amide bonds. The molecular formula is C15H15Br3FN2O3+. The van der Waals surface area contributed by atoms with Gasteiger partial charge in [0.2, 0.25) is 5.82 Å². The fourth-order valence-corrected chi connectivity index (χ4v) is 5.08. The van der Waals surface area contributed by atoms with Crippen molar-refractivity contribution in [3.8, 4) is 0 Å². The van der Waals surface area contributed by atoms with Crippen LogP contribution in [0.3, 0.4) is 0 Å². The number of nitrogens with one attached hydrogen (secondary N) is 1. The molecule has 3 N–H and O–H groups in total. The number of allylic oxidation sites excluding steroid dienone is 1. The predicted octanol–water partition coefficient (Wildman–Crippen LogP) is 2.96. The number of fused-ring (bicyclic) bond motifs is 1. The number of hydrogen-bond acceptors (Lipinski definition) is 3. The van der Waals surface area contributed by atoms with Crippen molar-refractivity contribution in [2.45, 2.75) is 0 Å². The Balaban J connectivity index is 2.16. The standard InChI is InChI=1S/C15H14Br3FN2O3/c16-5-15(6-17,7-18)8-24-14(23)21-13-4-12(22)10-3-9(19)1-2-11(10)20-13/h1-4H,5-8H2,(H2,20,21,22,23)/p+1/i/hD2. The van der Waals surface area contributed by atoms with Crippen molar-refractivity contribution in [2.75, 3.05) is 22.6 Å². The molecule has 24 heavy (non-hydrogen) atoms. The Kier molecular flexibility index (Phi) is 5.94. The summed E-state index contributed by atoms with van der Waals surface area (Å²) in [6.07, 6.45) is 0.0410. The van der Waals surface area contributed by atoms with Gasteiger partial charge < -0.3 is 4.74 Å². The molecule has 0 aliphatic carbocycles. The number of amides is 1. The van der Waals surface area contributed by atoms with Crippen LogP contribution in [0.1, 0.15) is 10.4 Å². The molecule has 9 heteroatoms. The van der Waals surface area contributed by atoms with Gasteiger partial charge in [0.25, 0.3) is 0 Å². The van der Waals surface area contributed by atoms with Crippen LogP contribution in [0, 0.1) is 11.2 Å². The Morgan fingerprint density at radius 1 is 1.33 bits per heavy atom. The molecular weight excluding hydrogens is 515 g/mol. The Hall–Kier alpha value is -0.770. The van der Waals surface area contributed by atoms with Crippen LogP contribution in [-0.2, 0) is 4.74 Å². The third-order valence-corrected chi connectivity index (χ3v) is 6.89. The fourth-order valence-electron chi connectivity index (χ4n) is 1.81. The first-order valence-electron chi connectivity index (χ1n) is 7.71. The van der Waals surface area contributed by atoms with E-state index in [0.29, 0.717) is 16.0 Å². The van der Waals surface area contributed by atoms with Crippen LogP contribution in [0.25, 0.3) is 0 Å². The summed E-state index contributed by atoms with van der Waals surface area (Å²) in [5, 5.41) is 2.58. The number of benzene rings is 1. The van der Waals surface area contributed by atoms with E-state index in [0.717, 1.165) is 18.2 Å². The van der Waals surface area contributed by atoms with Gasteiger partial charge in [-0.25, -0.2) is 14.5 Å². The first-order chi connectivity index (χ1) is 12.2. The Morgan fingerprint density at radius 3 is 2.62 bits per heavy atom. The molecule has 1 aromatic carbocycles. The second-order valence-corrected chi connectivity index (χ2v) is 6.95. The number of carbonyl (C=O) groups is 2. The van der Waals surface area contributed by atoms with Crippen LogP contribution in [0.5, 0.6) is 0 Å². The first kappa shape index (κ1) is 16.7. The Bertz CT molecular complexity index is 749. The van der Waals surface area contributed by atoms with Crippen LogP contribution in [0.15, 0.2) is 30.1 Å². The molecule has 0 bridgehead atoms. The lowest BCUT2D eigenvalue weighted by atomic mass is 9.98. The van der Waals surface area contributed by atoms with E-state index in [2.05, 4.69) is 53.1 Å². The topological polar surface area (TPSA) is 72.0 Å². The van der Waals surface area contributed by atoms with E-state index >= 15 is 0 Å². The van der Waals surface area contributed by atoms with Crippen LogP contribution in [0.2, 0.25) is 2.82 Å². The highest BCUT2D eigenvalue weighted by Crippen LogP contribution is 2.26. The van der Waals surface area contributed by atoms with Crippen molar-refractivity contribution in [3.63, 3.8) is 0 Å². The van der Waals surface area contributed by atoms with E-state index in [1.807, 2.05) is 0 Å². The van der Waals surface area contributed by atoms with E-state index in [1.165, 1.54) is 6.07 Å². The summed E-state index contributed by atoms with van der Waals surface area (Å²) in [6.45, 7) is 0.0691. The number of ether oxygens (including phenoxy) is 1. The van der Waals surface area contributed by atoms with Gasteiger partial charge in [-0.3, -0.25) is 10.1 Å². The molecule has 0 saturated carbocycles. The number of nitrogens with two attached hydrogens (primary N) is 1. The molecule has 0 radical (unpaired) electrons. The molecule has 1 aliphatic rings. The summed E-state index contributed by atoms with van der Waals surface area (Å²) < 4.78 is 34.8. The molecule has 1 heterocycles. The van der Waals surface area contributed by atoms with Gasteiger partial charge in [-0.2, -0.15) is 0 Å². The SMILES string of the molecule is [2H][N+]1([2H])C(NC(=O)OCC(CBr)(CBr)CBr)=CC(=O)c2cc(F)ccc21. The van der Waals surface area contributed by atoms with Gasteiger partial charge in [0, 0.05) is 27.5 Å².